The fraction of sp³-hybridized carbons (Fsp3) is 0.300. The Labute approximate surface area is 83.2 Å². The van der Waals surface area contributed by atoms with Crippen molar-refractivity contribution < 1.29 is 0 Å². The van der Waals surface area contributed by atoms with Gasteiger partial charge in [-0.2, -0.15) is 0 Å². The minimum Gasteiger partial charge on any atom is -0.316 e. The van der Waals surface area contributed by atoms with Crippen LogP contribution in [0.3, 0.4) is 0 Å². The summed E-state index contributed by atoms with van der Waals surface area (Å²) in [6, 6.07) is 0. The molecule has 0 saturated heterocycles. The molecule has 73 valence electrons. The van der Waals surface area contributed by atoms with Gasteiger partial charge in [-0.05, 0) is 12.8 Å². The zero-order valence-electron chi connectivity index (χ0n) is 7.95. The summed E-state index contributed by atoms with van der Waals surface area (Å²) in [6.07, 6.45) is 13.2. The highest BCUT2D eigenvalue weighted by Crippen LogP contribution is 2.15. The van der Waals surface area contributed by atoms with E-state index in [1.54, 1.807) is 12.4 Å². The molecule has 0 spiro atoms. The number of aromatic nitrogens is 4. The number of imidazole rings is 2. The van der Waals surface area contributed by atoms with Crippen LogP contribution in [0.15, 0.2) is 37.4 Å². The van der Waals surface area contributed by atoms with E-state index in [4.69, 9.17) is 0 Å². The molecule has 0 N–H and O–H groups in total. The molecule has 2 rings (SSSR count). The maximum Gasteiger partial charge on any atom is 0.112 e. The van der Waals surface area contributed by atoms with Crippen LogP contribution in [-0.2, 0) is 0 Å². The van der Waals surface area contributed by atoms with Crippen LogP contribution >= 0.6 is 0 Å². The minimum absolute atomic E-state index is 0.248. The van der Waals surface area contributed by atoms with E-state index in [1.165, 1.54) is 0 Å². The summed E-state index contributed by atoms with van der Waals surface area (Å²) >= 11 is 0. The molecule has 2 aromatic heterocycles. The molecule has 4 nitrogen and oxygen atoms in total. The van der Waals surface area contributed by atoms with Crippen LogP contribution in [0.2, 0.25) is 0 Å². The van der Waals surface area contributed by atoms with Gasteiger partial charge in [0.05, 0.1) is 12.7 Å². The van der Waals surface area contributed by atoms with Crippen molar-refractivity contribution in [3.05, 3.63) is 44.4 Å². The van der Waals surface area contributed by atoms with Gasteiger partial charge in [0, 0.05) is 24.8 Å². The normalized spacial score (nSPS) is 11.0. The van der Waals surface area contributed by atoms with Gasteiger partial charge in [-0.25, -0.2) is 9.97 Å². The maximum absolute atomic E-state index is 4.04. The molecule has 0 aliphatic carbocycles. The number of nitrogens with zero attached hydrogens (tertiary/aromatic N) is 4. The van der Waals surface area contributed by atoms with Gasteiger partial charge in [-0.1, -0.05) is 6.92 Å². The van der Waals surface area contributed by atoms with Gasteiger partial charge in [0.25, 0.3) is 0 Å². The van der Waals surface area contributed by atoms with Gasteiger partial charge in [-0.3, -0.25) is 0 Å². The van der Waals surface area contributed by atoms with E-state index >= 15 is 0 Å². The summed E-state index contributed by atoms with van der Waals surface area (Å²) in [5, 5.41) is 0. The Bertz CT molecular complexity index is 315. The topological polar surface area (TPSA) is 35.6 Å². The van der Waals surface area contributed by atoms with Gasteiger partial charge >= 0.3 is 0 Å². The summed E-state index contributed by atoms with van der Waals surface area (Å²) < 4.78 is 4.12. The van der Waals surface area contributed by atoms with Gasteiger partial charge in [0.2, 0.25) is 0 Å². The Balaban J connectivity index is 2.25. The van der Waals surface area contributed by atoms with Crippen molar-refractivity contribution in [1.29, 1.82) is 0 Å². The number of hydrogen-bond acceptors (Lipinski definition) is 2. The van der Waals surface area contributed by atoms with Crippen molar-refractivity contribution in [2.45, 2.75) is 19.0 Å². The Morgan fingerprint density at radius 1 is 1.07 bits per heavy atom. The number of hydrogen-bond donors (Lipinski definition) is 0. The molecule has 2 aromatic rings. The van der Waals surface area contributed by atoms with Crippen molar-refractivity contribution in [3.8, 4) is 0 Å². The molecule has 1 radical (unpaired) electrons. The van der Waals surface area contributed by atoms with Crippen LogP contribution in [-0.4, -0.2) is 19.1 Å². The molecule has 0 aromatic carbocycles. The molecular formula is C10H13N4. The van der Waals surface area contributed by atoms with Crippen LogP contribution in [0.5, 0.6) is 0 Å². The van der Waals surface area contributed by atoms with Crippen molar-refractivity contribution in [3.63, 3.8) is 0 Å². The van der Waals surface area contributed by atoms with Crippen LogP contribution in [0.1, 0.15) is 19.0 Å². The van der Waals surface area contributed by atoms with Crippen LogP contribution in [0, 0.1) is 6.92 Å². The predicted octanol–water partition coefficient (Wildman–Crippen LogP) is 1.74. The molecule has 0 fully saturated rings. The van der Waals surface area contributed by atoms with Crippen molar-refractivity contribution in [1.82, 2.24) is 19.1 Å². The van der Waals surface area contributed by atoms with Gasteiger partial charge in [0.15, 0.2) is 0 Å². The Hall–Kier alpha value is -1.58. The standard InChI is InChI=1S/C10H13N4/c1-2-3-10(13-6-4-11-8-13)14-7-5-12-9-14/h4-10H,1-3H2. The molecular weight excluding hydrogens is 176 g/mol. The number of rotatable bonds is 4. The monoisotopic (exact) mass is 189 g/mol. The van der Waals surface area contributed by atoms with Crippen LogP contribution in [0.4, 0.5) is 0 Å². The Morgan fingerprint density at radius 3 is 2.00 bits per heavy atom. The lowest BCUT2D eigenvalue weighted by molar-refractivity contribution is 0.403. The second-order valence-electron chi connectivity index (χ2n) is 3.14. The average molecular weight is 189 g/mol. The summed E-state index contributed by atoms with van der Waals surface area (Å²) in [6.45, 7) is 3.88. The molecule has 0 aliphatic heterocycles. The average Bonchev–Trinajstić information content (AvgIpc) is 2.87. The van der Waals surface area contributed by atoms with E-state index in [9.17, 15) is 0 Å². The van der Waals surface area contributed by atoms with Gasteiger partial charge in [0.1, 0.15) is 6.17 Å². The summed E-state index contributed by atoms with van der Waals surface area (Å²) in [5.41, 5.74) is 0. The molecule has 0 atom stereocenters. The first-order chi connectivity index (χ1) is 6.92. The van der Waals surface area contributed by atoms with Gasteiger partial charge in [-0.15, -0.1) is 0 Å². The molecule has 4 heteroatoms. The first kappa shape index (κ1) is 8.99. The molecule has 0 amide bonds. The van der Waals surface area contributed by atoms with E-state index in [-0.39, 0.29) is 6.17 Å². The molecule has 0 bridgehead atoms. The third-order valence-electron chi connectivity index (χ3n) is 2.20. The van der Waals surface area contributed by atoms with E-state index in [2.05, 4.69) is 26.0 Å². The zero-order valence-corrected chi connectivity index (χ0v) is 7.95. The molecule has 0 aliphatic rings. The lowest BCUT2D eigenvalue weighted by Crippen LogP contribution is -2.15. The lowest BCUT2D eigenvalue weighted by atomic mass is 10.2. The Kier molecular flexibility index (Phi) is 2.62. The van der Waals surface area contributed by atoms with Crippen molar-refractivity contribution in [2.24, 2.45) is 0 Å². The van der Waals surface area contributed by atoms with E-state index in [1.807, 2.05) is 25.0 Å². The fourth-order valence-electron chi connectivity index (χ4n) is 1.53. The predicted molar refractivity (Wildman–Crippen MR) is 53.5 cm³/mol. The van der Waals surface area contributed by atoms with Crippen LogP contribution in [0.25, 0.3) is 0 Å². The van der Waals surface area contributed by atoms with E-state index in [0.717, 1.165) is 12.8 Å². The Morgan fingerprint density at radius 2 is 1.64 bits per heavy atom. The van der Waals surface area contributed by atoms with Gasteiger partial charge < -0.3 is 9.13 Å². The molecule has 2 heterocycles. The third-order valence-corrected chi connectivity index (χ3v) is 2.20. The highest BCUT2D eigenvalue weighted by atomic mass is 15.2. The second kappa shape index (κ2) is 4.09. The lowest BCUT2D eigenvalue weighted by Gasteiger charge is -2.18. The van der Waals surface area contributed by atoms with Crippen molar-refractivity contribution in [2.75, 3.05) is 0 Å². The van der Waals surface area contributed by atoms with Crippen LogP contribution < -0.4 is 0 Å². The zero-order chi connectivity index (χ0) is 9.80. The highest BCUT2D eigenvalue weighted by molar-refractivity contribution is 4.86. The minimum atomic E-state index is 0.248. The summed E-state index contributed by atoms with van der Waals surface area (Å²) in [7, 11) is 0. The molecule has 0 unspecified atom stereocenters. The van der Waals surface area contributed by atoms with E-state index in [0.29, 0.717) is 0 Å². The first-order valence-electron chi connectivity index (χ1n) is 4.66. The van der Waals surface area contributed by atoms with E-state index < -0.39 is 0 Å². The SMILES string of the molecule is [CH2]CCC(n1ccnc1)n1ccnc1. The highest BCUT2D eigenvalue weighted by Gasteiger charge is 2.09. The maximum atomic E-state index is 4.04. The first-order valence-corrected chi connectivity index (χ1v) is 4.66. The summed E-state index contributed by atoms with van der Waals surface area (Å²) in [5.74, 6) is 0. The summed E-state index contributed by atoms with van der Waals surface area (Å²) in [4.78, 5) is 8.09. The quantitative estimate of drug-likeness (QED) is 0.734. The fourth-order valence-corrected chi connectivity index (χ4v) is 1.53. The van der Waals surface area contributed by atoms with Crippen molar-refractivity contribution >= 4 is 0 Å². The molecule has 14 heavy (non-hydrogen) atoms. The second-order valence-corrected chi connectivity index (χ2v) is 3.14. The smallest absolute Gasteiger partial charge is 0.112 e. The molecule has 0 saturated carbocycles. The third kappa shape index (κ3) is 1.69. The largest absolute Gasteiger partial charge is 0.316 e.